The van der Waals surface area contributed by atoms with E-state index in [0.717, 1.165) is 6.20 Å². The number of anilines is 1. The van der Waals surface area contributed by atoms with Gasteiger partial charge < -0.3 is 9.84 Å². The lowest BCUT2D eigenvalue weighted by Gasteiger charge is -2.04. The van der Waals surface area contributed by atoms with Crippen molar-refractivity contribution in [2.45, 2.75) is 13.3 Å². The molecule has 0 aliphatic heterocycles. The Hall–Kier alpha value is -1.76. The monoisotopic (exact) mass is 257 g/mol. The molecule has 0 aliphatic carbocycles. The number of aryl methyl sites for hydroxylation is 1. The van der Waals surface area contributed by atoms with Crippen molar-refractivity contribution in [2.24, 2.45) is 0 Å². The molecule has 8 heteroatoms. The molecule has 0 atom stereocenters. The molecule has 90 valence electrons. The number of aromatic nitrogens is 4. The lowest BCUT2D eigenvalue weighted by atomic mass is 10.4. The Morgan fingerprint density at radius 3 is 3.00 bits per heavy atom. The highest BCUT2D eigenvalue weighted by Gasteiger charge is 2.06. The normalized spacial score (nSPS) is 10.5. The Kier molecular flexibility index (Phi) is 3.48. The number of hydrogen-bond acceptors (Lipinski definition) is 6. The van der Waals surface area contributed by atoms with Crippen molar-refractivity contribution in [3.8, 4) is 0 Å². The molecule has 0 unspecified atom stereocenters. The summed E-state index contributed by atoms with van der Waals surface area (Å²) < 4.78 is 18.0. The van der Waals surface area contributed by atoms with Crippen molar-refractivity contribution in [2.75, 3.05) is 11.9 Å². The molecule has 2 aromatic rings. The van der Waals surface area contributed by atoms with E-state index in [2.05, 4.69) is 25.4 Å². The van der Waals surface area contributed by atoms with E-state index >= 15 is 0 Å². The SMILES string of the molecule is Cc1nc(CCNc2nc(Cl)ncc2F)no1. The molecule has 0 amide bonds. The predicted octanol–water partition coefficient (Wildman–Crippen LogP) is 1.62. The van der Waals surface area contributed by atoms with Crippen LogP contribution in [0.4, 0.5) is 10.2 Å². The molecule has 0 aromatic carbocycles. The van der Waals surface area contributed by atoms with Gasteiger partial charge in [0, 0.05) is 19.9 Å². The third-order valence-corrected chi connectivity index (χ3v) is 2.11. The lowest BCUT2D eigenvalue weighted by molar-refractivity contribution is 0.387. The summed E-state index contributed by atoms with van der Waals surface area (Å²) in [4.78, 5) is 11.2. The van der Waals surface area contributed by atoms with Gasteiger partial charge in [0.25, 0.3) is 0 Å². The maximum atomic E-state index is 13.2. The van der Waals surface area contributed by atoms with E-state index in [1.165, 1.54) is 0 Å². The summed E-state index contributed by atoms with van der Waals surface area (Å²) in [7, 11) is 0. The fraction of sp³-hybridized carbons (Fsp3) is 0.333. The maximum Gasteiger partial charge on any atom is 0.224 e. The Morgan fingerprint density at radius 2 is 2.29 bits per heavy atom. The number of hydrogen-bond donors (Lipinski definition) is 1. The molecule has 0 spiro atoms. The standard InChI is InChI=1S/C9H9ClFN5O/c1-5-14-7(16-17-5)2-3-12-8-6(11)4-13-9(10)15-8/h4H,2-3H2,1H3,(H,12,13,15). The highest BCUT2D eigenvalue weighted by Crippen LogP contribution is 2.11. The molecule has 0 saturated heterocycles. The van der Waals surface area contributed by atoms with E-state index in [9.17, 15) is 4.39 Å². The highest BCUT2D eigenvalue weighted by atomic mass is 35.5. The molecule has 2 rings (SSSR count). The zero-order valence-corrected chi connectivity index (χ0v) is 9.70. The summed E-state index contributed by atoms with van der Waals surface area (Å²) in [6, 6.07) is 0. The van der Waals surface area contributed by atoms with E-state index in [1.807, 2.05) is 0 Å². The van der Waals surface area contributed by atoms with Crippen LogP contribution in [-0.2, 0) is 6.42 Å². The van der Waals surface area contributed by atoms with Gasteiger partial charge in [-0.05, 0) is 11.6 Å². The van der Waals surface area contributed by atoms with Crippen LogP contribution in [0.25, 0.3) is 0 Å². The van der Waals surface area contributed by atoms with Crippen LogP contribution in [0.2, 0.25) is 5.28 Å². The smallest absolute Gasteiger partial charge is 0.224 e. The van der Waals surface area contributed by atoms with Gasteiger partial charge in [0.05, 0.1) is 6.20 Å². The van der Waals surface area contributed by atoms with Crippen molar-refractivity contribution >= 4 is 17.4 Å². The van der Waals surface area contributed by atoms with Gasteiger partial charge >= 0.3 is 0 Å². The first-order chi connectivity index (χ1) is 8.15. The Bertz CT molecular complexity index is 518. The summed E-state index contributed by atoms with van der Waals surface area (Å²) in [6.07, 6.45) is 1.51. The first kappa shape index (κ1) is 11.7. The van der Waals surface area contributed by atoms with Crippen molar-refractivity contribution < 1.29 is 8.91 Å². The minimum Gasteiger partial charge on any atom is -0.367 e. The molecule has 1 N–H and O–H groups in total. The highest BCUT2D eigenvalue weighted by molar-refractivity contribution is 6.28. The zero-order valence-electron chi connectivity index (χ0n) is 8.94. The first-order valence-corrected chi connectivity index (χ1v) is 5.24. The molecule has 2 heterocycles. The summed E-state index contributed by atoms with van der Waals surface area (Å²) in [6.45, 7) is 2.12. The van der Waals surface area contributed by atoms with Crippen LogP contribution in [0.5, 0.6) is 0 Å². The Balaban J connectivity index is 1.91. The molecule has 2 aromatic heterocycles. The van der Waals surface area contributed by atoms with Gasteiger partial charge in [0.2, 0.25) is 11.2 Å². The molecular weight excluding hydrogens is 249 g/mol. The third-order valence-electron chi connectivity index (χ3n) is 1.93. The van der Waals surface area contributed by atoms with E-state index in [0.29, 0.717) is 24.7 Å². The summed E-state index contributed by atoms with van der Waals surface area (Å²) in [5.74, 6) is 0.552. The summed E-state index contributed by atoms with van der Waals surface area (Å²) in [5, 5.41) is 6.48. The zero-order chi connectivity index (χ0) is 12.3. The van der Waals surface area contributed by atoms with Gasteiger partial charge in [0.1, 0.15) is 0 Å². The van der Waals surface area contributed by atoms with Crippen molar-refractivity contribution in [3.05, 3.63) is 29.0 Å². The molecule has 0 fully saturated rings. The van der Waals surface area contributed by atoms with Gasteiger partial charge in [-0.25, -0.2) is 9.37 Å². The van der Waals surface area contributed by atoms with Crippen molar-refractivity contribution in [3.63, 3.8) is 0 Å². The van der Waals surface area contributed by atoms with Crippen LogP contribution in [0, 0.1) is 12.7 Å². The van der Waals surface area contributed by atoms with Gasteiger partial charge in [-0.1, -0.05) is 5.16 Å². The number of nitrogens with zero attached hydrogens (tertiary/aromatic N) is 4. The topological polar surface area (TPSA) is 76.7 Å². The van der Waals surface area contributed by atoms with Crippen LogP contribution in [0.1, 0.15) is 11.7 Å². The molecule has 0 aliphatic rings. The fourth-order valence-electron chi connectivity index (χ4n) is 1.21. The number of halogens is 2. The third kappa shape index (κ3) is 3.10. The van der Waals surface area contributed by atoms with Crippen molar-refractivity contribution in [1.29, 1.82) is 0 Å². The maximum absolute atomic E-state index is 13.2. The minimum absolute atomic E-state index is 0.00990. The van der Waals surface area contributed by atoms with E-state index in [4.69, 9.17) is 16.1 Å². The van der Waals surface area contributed by atoms with Gasteiger partial charge in [-0.15, -0.1) is 0 Å². The second-order valence-electron chi connectivity index (χ2n) is 3.24. The quantitative estimate of drug-likeness (QED) is 0.839. The largest absolute Gasteiger partial charge is 0.367 e. The van der Waals surface area contributed by atoms with Crippen LogP contribution in [-0.4, -0.2) is 26.7 Å². The summed E-state index contributed by atoms with van der Waals surface area (Å²) in [5.41, 5.74) is 0. The molecule has 0 radical (unpaired) electrons. The second-order valence-corrected chi connectivity index (χ2v) is 3.58. The van der Waals surface area contributed by atoms with Crippen LogP contribution >= 0.6 is 11.6 Å². The minimum atomic E-state index is -0.557. The van der Waals surface area contributed by atoms with Crippen LogP contribution in [0.15, 0.2) is 10.7 Å². The van der Waals surface area contributed by atoms with E-state index in [-0.39, 0.29) is 11.1 Å². The second kappa shape index (κ2) is 5.05. The first-order valence-electron chi connectivity index (χ1n) is 4.86. The van der Waals surface area contributed by atoms with Crippen molar-refractivity contribution in [1.82, 2.24) is 20.1 Å². The number of nitrogens with one attached hydrogen (secondary N) is 1. The molecule has 6 nitrogen and oxygen atoms in total. The molecule has 17 heavy (non-hydrogen) atoms. The average molecular weight is 258 g/mol. The van der Waals surface area contributed by atoms with Crippen LogP contribution in [0.3, 0.4) is 0 Å². The summed E-state index contributed by atoms with van der Waals surface area (Å²) >= 11 is 5.55. The molecule has 0 saturated carbocycles. The lowest BCUT2D eigenvalue weighted by Crippen LogP contribution is -2.09. The average Bonchev–Trinajstić information content (AvgIpc) is 2.69. The predicted molar refractivity (Wildman–Crippen MR) is 58.2 cm³/mol. The van der Waals surface area contributed by atoms with Gasteiger partial charge in [0.15, 0.2) is 17.5 Å². The number of rotatable bonds is 4. The molecular formula is C9H9ClFN5O. The van der Waals surface area contributed by atoms with Gasteiger partial charge in [-0.3, -0.25) is 0 Å². The Labute approximate surface area is 101 Å². The van der Waals surface area contributed by atoms with Gasteiger partial charge in [-0.2, -0.15) is 9.97 Å². The molecule has 0 bridgehead atoms. The van der Waals surface area contributed by atoms with Crippen LogP contribution < -0.4 is 5.32 Å². The van der Waals surface area contributed by atoms with E-state index < -0.39 is 5.82 Å². The van der Waals surface area contributed by atoms with E-state index in [1.54, 1.807) is 6.92 Å². The fourth-order valence-corrected chi connectivity index (χ4v) is 1.34. The Morgan fingerprint density at radius 1 is 1.47 bits per heavy atom.